The number of hydrogen-bond acceptors (Lipinski definition) is 7. The number of carbonyl (C=O) groups excluding carboxylic acids is 2. The Bertz CT molecular complexity index is 599. The summed E-state index contributed by atoms with van der Waals surface area (Å²) >= 11 is 0. The van der Waals surface area contributed by atoms with E-state index in [-0.39, 0.29) is 11.7 Å². The lowest BCUT2D eigenvalue weighted by Crippen LogP contribution is -2.41. The maximum absolute atomic E-state index is 12.3. The Morgan fingerprint density at radius 1 is 1.26 bits per heavy atom. The van der Waals surface area contributed by atoms with Crippen molar-refractivity contribution in [1.29, 1.82) is 0 Å². The largest absolute Gasteiger partial charge is 0.501 e. The van der Waals surface area contributed by atoms with Crippen LogP contribution >= 0.6 is 0 Å². The van der Waals surface area contributed by atoms with Crippen molar-refractivity contribution >= 4 is 11.8 Å². The molecule has 9 nitrogen and oxygen atoms in total. The van der Waals surface area contributed by atoms with Gasteiger partial charge in [0.15, 0.2) is 5.69 Å². The molecule has 2 amide bonds. The topological polar surface area (TPSA) is 125 Å². The maximum Gasteiger partial charge on any atom is 0.291 e. The molecule has 23 heavy (non-hydrogen) atoms. The first-order valence-corrected chi connectivity index (χ1v) is 7.35. The predicted molar refractivity (Wildman–Crippen MR) is 79.3 cm³/mol. The van der Waals surface area contributed by atoms with E-state index in [4.69, 9.17) is 4.74 Å². The lowest BCUT2D eigenvalue weighted by molar-refractivity contribution is 0.0294. The summed E-state index contributed by atoms with van der Waals surface area (Å²) in [5.74, 6) is -2.88. The molecule has 1 aliphatic heterocycles. The van der Waals surface area contributed by atoms with Gasteiger partial charge in [0.2, 0.25) is 11.6 Å². The van der Waals surface area contributed by atoms with E-state index in [0.717, 1.165) is 0 Å². The van der Waals surface area contributed by atoms with Crippen molar-refractivity contribution in [3.8, 4) is 11.6 Å². The normalized spacial score (nSPS) is 14.8. The summed E-state index contributed by atoms with van der Waals surface area (Å²) in [5.41, 5.74) is -0.422. The van der Waals surface area contributed by atoms with E-state index in [1.165, 1.54) is 4.90 Å². The monoisotopic (exact) mass is 324 g/mol. The van der Waals surface area contributed by atoms with Crippen LogP contribution in [0.25, 0.3) is 0 Å². The first-order valence-electron chi connectivity index (χ1n) is 7.35. The Morgan fingerprint density at radius 2 is 1.91 bits per heavy atom. The van der Waals surface area contributed by atoms with Crippen molar-refractivity contribution in [2.24, 2.45) is 5.92 Å². The van der Waals surface area contributed by atoms with Crippen molar-refractivity contribution in [2.45, 2.75) is 13.8 Å². The molecule has 1 aromatic heterocycles. The fourth-order valence-electron chi connectivity index (χ4n) is 1.99. The molecule has 9 heteroatoms. The number of rotatable bonds is 4. The third-order valence-corrected chi connectivity index (χ3v) is 3.24. The molecule has 2 heterocycles. The van der Waals surface area contributed by atoms with Crippen molar-refractivity contribution in [3.63, 3.8) is 0 Å². The minimum absolute atomic E-state index is 0.200. The highest BCUT2D eigenvalue weighted by Crippen LogP contribution is 2.25. The van der Waals surface area contributed by atoms with Crippen molar-refractivity contribution < 1.29 is 24.5 Å². The van der Waals surface area contributed by atoms with E-state index in [1.54, 1.807) is 0 Å². The van der Waals surface area contributed by atoms with E-state index < -0.39 is 29.1 Å². The van der Waals surface area contributed by atoms with E-state index in [2.05, 4.69) is 15.3 Å². The van der Waals surface area contributed by atoms with Crippen LogP contribution in [0.1, 0.15) is 35.0 Å². The van der Waals surface area contributed by atoms with E-state index in [9.17, 15) is 19.8 Å². The number of aromatic hydroxyl groups is 2. The molecule has 0 spiro atoms. The van der Waals surface area contributed by atoms with E-state index >= 15 is 0 Å². The number of ether oxygens (including phenoxy) is 1. The molecule has 0 aliphatic carbocycles. The van der Waals surface area contributed by atoms with Crippen LogP contribution in [0, 0.1) is 5.92 Å². The highest BCUT2D eigenvalue weighted by molar-refractivity contribution is 5.97. The van der Waals surface area contributed by atoms with Crippen molar-refractivity contribution in [3.05, 3.63) is 11.5 Å². The van der Waals surface area contributed by atoms with Gasteiger partial charge in [0.25, 0.3) is 17.7 Å². The van der Waals surface area contributed by atoms with Crippen molar-refractivity contribution in [2.75, 3.05) is 32.8 Å². The van der Waals surface area contributed by atoms with E-state index in [1.807, 2.05) is 13.8 Å². The summed E-state index contributed by atoms with van der Waals surface area (Å²) in [4.78, 5) is 33.2. The van der Waals surface area contributed by atoms with Gasteiger partial charge in [0.1, 0.15) is 0 Å². The van der Waals surface area contributed by atoms with Gasteiger partial charge < -0.3 is 25.2 Å². The molecule has 0 atom stereocenters. The maximum atomic E-state index is 12.3. The number of hydrogen-bond donors (Lipinski definition) is 3. The van der Waals surface area contributed by atoms with Crippen molar-refractivity contribution in [1.82, 2.24) is 20.2 Å². The van der Waals surface area contributed by atoms with Gasteiger partial charge in [-0.15, -0.1) is 0 Å². The molecule has 0 radical (unpaired) electrons. The number of morpholine rings is 1. The Kier molecular flexibility index (Phi) is 5.32. The first kappa shape index (κ1) is 16.9. The quantitative estimate of drug-likeness (QED) is 0.697. The molecule has 3 N–H and O–H groups in total. The van der Waals surface area contributed by atoms with Crippen LogP contribution in [0.3, 0.4) is 0 Å². The van der Waals surface area contributed by atoms with Gasteiger partial charge in [-0.3, -0.25) is 9.59 Å². The highest BCUT2D eigenvalue weighted by Gasteiger charge is 2.26. The lowest BCUT2D eigenvalue weighted by Gasteiger charge is -2.26. The zero-order chi connectivity index (χ0) is 17.0. The Labute approximate surface area is 133 Å². The van der Waals surface area contributed by atoms with Gasteiger partial charge in [-0.1, -0.05) is 13.8 Å². The lowest BCUT2D eigenvalue weighted by atomic mass is 10.2. The molecule has 2 rings (SSSR count). The van der Waals surface area contributed by atoms with Crippen LogP contribution in [0.4, 0.5) is 0 Å². The Morgan fingerprint density at radius 3 is 2.52 bits per heavy atom. The molecule has 0 aromatic carbocycles. The molecule has 1 aliphatic rings. The summed E-state index contributed by atoms with van der Waals surface area (Å²) in [7, 11) is 0. The molecular formula is C14H20N4O5. The van der Waals surface area contributed by atoms with Gasteiger partial charge in [-0.25, -0.2) is 4.98 Å². The van der Waals surface area contributed by atoms with Crippen LogP contribution in [-0.4, -0.2) is 69.7 Å². The van der Waals surface area contributed by atoms with Crippen LogP contribution < -0.4 is 5.32 Å². The Balaban J connectivity index is 2.24. The second kappa shape index (κ2) is 7.23. The van der Waals surface area contributed by atoms with Crippen LogP contribution in [0.2, 0.25) is 0 Å². The number of carbonyl (C=O) groups is 2. The van der Waals surface area contributed by atoms with Gasteiger partial charge in [0, 0.05) is 19.6 Å². The molecule has 126 valence electrons. The predicted octanol–water partition coefficient (Wildman–Crippen LogP) is -0.254. The molecular weight excluding hydrogens is 304 g/mol. The minimum Gasteiger partial charge on any atom is -0.501 e. The van der Waals surface area contributed by atoms with E-state index in [0.29, 0.717) is 32.8 Å². The smallest absolute Gasteiger partial charge is 0.291 e. The van der Waals surface area contributed by atoms with Gasteiger partial charge in [0.05, 0.1) is 13.2 Å². The first-order chi connectivity index (χ1) is 10.9. The standard InChI is InChI=1S/C14H20N4O5/c1-8(2)7-15-12(20)9-10(19)13(21)17-11(16-9)14(22)18-3-5-23-6-4-18/h8,19H,3-7H2,1-2H3,(H,15,20)(H,16,17,21). The van der Waals surface area contributed by atoms with Gasteiger partial charge >= 0.3 is 0 Å². The average molecular weight is 324 g/mol. The molecule has 1 aromatic rings. The molecule has 1 fully saturated rings. The molecule has 0 saturated carbocycles. The number of aromatic nitrogens is 2. The summed E-state index contributed by atoms with van der Waals surface area (Å²) in [6.07, 6.45) is 0. The summed E-state index contributed by atoms with van der Waals surface area (Å²) in [6.45, 7) is 5.73. The van der Waals surface area contributed by atoms with Crippen LogP contribution in [0.5, 0.6) is 11.6 Å². The zero-order valence-electron chi connectivity index (χ0n) is 13.1. The SMILES string of the molecule is CC(C)CNC(=O)c1nc(C(=O)N2CCOCC2)nc(O)c1O. The Hall–Kier alpha value is -2.42. The third-order valence-electron chi connectivity index (χ3n) is 3.24. The molecule has 0 unspecified atom stereocenters. The second-order valence-corrected chi connectivity index (χ2v) is 5.58. The zero-order valence-corrected chi connectivity index (χ0v) is 13.1. The number of nitrogens with zero attached hydrogens (tertiary/aromatic N) is 3. The average Bonchev–Trinajstić information content (AvgIpc) is 2.55. The summed E-state index contributed by atoms with van der Waals surface area (Å²) in [6, 6.07) is 0. The number of nitrogens with one attached hydrogen (secondary N) is 1. The molecule has 1 saturated heterocycles. The highest BCUT2D eigenvalue weighted by atomic mass is 16.5. The number of amides is 2. The van der Waals surface area contributed by atoms with Gasteiger partial charge in [-0.2, -0.15) is 4.98 Å². The van der Waals surface area contributed by atoms with Gasteiger partial charge in [-0.05, 0) is 5.92 Å². The molecule has 0 bridgehead atoms. The van der Waals surface area contributed by atoms with Crippen LogP contribution in [0.15, 0.2) is 0 Å². The fraction of sp³-hybridized carbons (Fsp3) is 0.571. The van der Waals surface area contributed by atoms with Crippen LogP contribution in [-0.2, 0) is 4.74 Å². The third kappa shape index (κ3) is 4.07. The minimum atomic E-state index is -0.800. The fourth-order valence-corrected chi connectivity index (χ4v) is 1.99. The summed E-state index contributed by atoms with van der Waals surface area (Å²) in [5, 5.41) is 22.0. The summed E-state index contributed by atoms with van der Waals surface area (Å²) < 4.78 is 5.16. The second-order valence-electron chi connectivity index (χ2n) is 5.58.